The largest absolute Gasteiger partial charge is 0.446 e. The highest BCUT2D eigenvalue weighted by molar-refractivity contribution is 7.91. The topological polar surface area (TPSA) is 333 Å². The van der Waals surface area contributed by atoms with E-state index >= 15 is 0 Å². The number of alkyl carbamates (subject to hydrolysis) is 1. The molecule has 0 spiro atoms. The zero-order valence-corrected chi connectivity index (χ0v) is 57.7. The van der Waals surface area contributed by atoms with E-state index in [4.69, 9.17) is 20.1 Å². The summed E-state index contributed by atoms with van der Waals surface area (Å²) in [5.41, 5.74) is 8.84. The molecule has 4 aromatic carbocycles. The summed E-state index contributed by atoms with van der Waals surface area (Å²) < 4.78 is 115. The number of sulfonamides is 2. The molecule has 13 rings (SSSR count). The first-order valence-corrected chi connectivity index (χ1v) is 36.8. The molecule has 7 amide bonds. The number of likely N-dealkylation sites (tertiary alicyclic amines) is 2. The van der Waals surface area contributed by atoms with Crippen LogP contribution in [-0.2, 0) is 63.2 Å². The lowest BCUT2D eigenvalue weighted by Crippen LogP contribution is -2.60. The molecule has 4 aromatic rings. The fourth-order valence-corrected chi connectivity index (χ4v) is 16.6. The number of benzene rings is 4. The van der Waals surface area contributed by atoms with Gasteiger partial charge in [0.1, 0.15) is 58.9 Å². The minimum absolute atomic E-state index is 0.0636. The Labute approximate surface area is 576 Å². The van der Waals surface area contributed by atoms with Crippen LogP contribution in [0.2, 0.25) is 0 Å². The average Bonchev–Trinajstić information content (AvgIpc) is 1.61. The standard InChI is InChI=1S/C38H45F2N5O8S.C32H37F2N5O6S/c1-37(2,3)31(41-36(49)52-21-10-4-5-11-21)34(47)45-20-22(53-43-30-26-14-8-6-12-24(26)25-13-7-9-15-27(25)30)18-29(45)33(46)42-38(19-28(38)32(39)40)35(48)44-54(50,51)23-16-17-23;1-31(2,3)26(35)29(41)39-16-17(45-37-25-21-10-6-4-8-19(21)20-9-5-7-11-22(20)25)14-24(39)28(40)36-32(15-23(32)27(33)34)30(42)38-46(43,44)18-12-13-18/h6-9,12-15,21-23,28-29,31-32H,4-5,10-11,16-20H2,1-3H3,(H,41,49)(H,42,46)(H,44,48);4-11,17-18,23-24,26-27H,12-16,35H2,1-3H3,(H,36,40)(H,38,42)/t22-,28+,29+,31-,38-;17-,23+,24+,26-,32-/m11/s1. The lowest BCUT2D eigenvalue weighted by molar-refractivity contribution is -0.143. The highest BCUT2D eigenvalue weighted by Crippen LogP contribution is 2.50. The van der Waals surface area contributed by atoms with Crippen LogP contribution >= 0.6 is 0 Å². The first-order chi connectivity index (χ1) is 47.2. The summed E-state index contributed by atoms with van der Waals surface area (Å²) in [5, 5.41) is 14.9. The van der Waals surface area contributed by atoms with Crippen LogP contribution < -0.4 is 31.1 Å². The van der Waals surface area contributed by atoms with E-state index < -0.39 is 168 Å². The van der Waals surface area contributed by atoms with Gasteiger partial charge in [-0.1, -0.05) is 149 Å². The van der Waals surface area contributed by atoms with Crippen LogP contribution in [0.3, 0.4) is 0 Å². The summed E-state index contributed by atoms with van der Waals surface area (Å²) in [6, 6.07) is 26.0. The van der Waals surface area contributed by atoms with Gasteiger partial charge in [0.25, 0.3) is 11.8 Å². The maximum atomic E-state index is 14.5. The first-order valence-electron chi connectivity index (χ1n) is 33.7. The van der Waals surface area contributed by atoms with Gasteiger partial charge in [0, 0.05) is 35.1 Å². The highest BCUT2D eigenvalue weighted by atomic mass is 32.2. The molecule has 0 bridgehead atoms. The van der Waals surface area contributed by atoms with E-state index in [9.17, 15) is 68.0 Å². The zero-order valence-electron chi connectivity index (χ0n) is 56.1. The predicted octanol–water partition coefficient (Wildman–Crippen LogP) is 6.76. The van der Waals surface area contributed by atoms with Crippen molar-refractivity contribution in [2.45, 2.75) is 196 Å². The van der Waals surface area contributed by atoms with Crippen molar-refractivity contribution in [1.82, 2.24) is 35.2 Å². The molecule has 24 nitrogen and oxygen atoms in total. The van der Waals surface area contributed by atoms with Crippen molar-refractivity contribution in [3.8, 4) is 22.3 Å². The number of oxime groups is 2. The van der Waals surface area contributed by atoms with Gasteiger partial charge < -0.3 is 45.9 Å². The van der Waals surface area contributed by atoms with E-state index in [1.807, 2.05) is 107 Å². The number of nitrogens with two attached hydrogens (primary N) is 1. The van der Waals surface area contributed by atoms with E-state index in [1.165, 1.54) is 9.80 Å². The van der Waals surface area contributed by atoms with Crippen LogP contribution in [0.1, 0.15) is 141 Å². The third-order valence-corrected chi connectivity index (χ3v) is 23.9. The molecule has 5 saturated carbocycles. The Kier molecular flexibility index (Phi) is 19.3. The van der Waals surface area contributed by atoms with Crippen molar-refractivity contribution in [3.05, 3.63) is 119 Å². The van der Waals surface area contributed by atoms with Crippen molar-refractivity contribution in [1.29, 1.82) is 0 Å². The van der Waals surface area contributed by atoms with E-state index in [1.54, 1.807) is 41.5 Å². The molecule has 30 heteroatoms. The monoisotopic (exact) mass is 1430 g/mol. The fourth-order valence-electron chi connectivity index (χ4n) is 13.9. The number of hydrogen-bond acceptors (Lipinski definition) is 17. The van der Waals surface area contributed by atoms with Gasteiger partial charge in [-0.25, -0.2) is 39.2 Å². The van der Waals surface area contributed by atoms with Gasteiger partial charge in [0.05, 0.1) is 41.5 Å². The molecule has 100 heavy (non-hydrogen) atoms. The first kappa shape index (κ1) is 71.3. The molecular weight excluding hydrogens is 1340 g/mol. The summed E-state index contributed by atoms with van der Waals surface area (Å²) in [6.07, 6.45) is -5.22. The van der Waals surface area contributed by atoms with E-state index in [0.717, 1.165) is 57.3 Å². The molecule has 9 aliphatic rings. The second-order valence-corrected chi connectivity index (χ2v) is 33.6. The molecule has 7 fully saturated rings. The zero-order chi connectivity index (χ0) is 71.8. The Morgan fingerprint density at radius 2 is 0.870 bits per heavy atom. The van der Waals surface area contributed by atoms with E-state index in [2.05, 4.69) is 26.3 Å². The van der Waals surface area contributed by atoms with Crippen molar-refractivity contribution in [2.24, 2.45) is 38.7 Å². The molecule has 0 aromatic heterocycles. The predicted molar refractivity (Wildman–Crippen MR) is 358 cm³/mol. The van der Waals surface area contributed by atoms with Gasteiger partial charge in [-0.3, -0.25) is 38.2 Å². The molecule has 0 radical (unpaired) electrons. The number of hydrogen-bond donors (Lipinski definition) is 6. The van der Waals surface area contributed by atoms with Crippen molar-refractivity contribution in [2.75, 3.05) is 13.1 Å². The van der Waals surface area contributed by atoms with Gasteiger partial charge in [0.15, 0.2) is 0 Å². The summed E-state index contributed by atoms with van der Waals surface area (Å²) in [5.74, 6) is -8.72. The number of carbonyl (C=O) groups is 7. The van der Waals surface area contributed by atoms with Gasteiger partial charge >= 0.3 is 6.09 Å². The second-order valence-electron chi connectivity index (χ2n) is 29.7. The van der Waals surface area contributed by atoms with Crippen LogP contribution in [0.5, 0.6) is 0 Å². The van der Waals surface area contributed by atoms with Gasteiger partial charge in [0.2, 0.25) is 56.5 Å². The SMILES string of the molecule is CC(C)(C)[C@H](N)C(=O)N1C[C@H](ON=C2c3ccccc3-c3ccccc32)C[C@H]1C(=O)N[C@]1(C(=O)NS(=O)(=O)C2CC2)C[C@H]1C(F)F.CC(C)(C)[C@H](NC(=O)OC1CCCC1)C(=O)N1C[C@H](ON=C2c3ccccc3-c3ccccc32)C[C@H]1C(=O)N[C@]1(C(=O)NS(=O)(=O)C2CC2)C[C@H]1C(F)F. The van der Waals surface area contributed by atoms with Crippen LogP contribution in [0.4, 0.5) is 22.4 Å². The number of nitrogens with one attached hydrogen (secondary N) is 5. The third kappa shape index (κ3) is 14.4. The third-order valence-electron chi connectivity index (χ3n) is 20.3. The number of amides is 7. The minimum Gasteiger partial charge on any atom is -0.446 e. The molecule has 536 valence electrons. The Bertz CT molecular complexity index is 4140. The maximum Gasteiger partial charge on any atom is 0.408 e. The van der Waals surface area contributed by atoms with Crippen molar-refractivity contribution >= 4 is 73.0 Å². The van der Waals surface area contributed by atoms with Crippen molar-refractivity contribution < 1.29 is 82.4 Å². The number of carbonyl (C=O) groups excluding carboxylic acids is 7. The minimum atomic E-state index is -4.12. The summed E-state index contributed by atoms with van der Waals surface area (Å²) in [4.78, 5) is 110. The van der Waals surface area contributed by atoms with Crippen LogP contribution in [0.15, 0.2) is 107 Å². The Morgan fingerprint density at radius 3 is 1.19 bits per heavy atom. The van der Waals surface area contributed by atoms with Crippen molar-refractivity contribution in [3.63, 3.8) is 0 Å². The fraction of sp³-hybridized carbons (Fsp3) is 0.529. The summed E-state index contributed by atoms with van der Waals surface area (Å²) >= 11 is 0. The number of halogens is 4. The molecule has 7 N–H and O–H groups in total. The Morgan fingerprint density at radius 1 is 0.520 bits per heavy atom. The van der Waals surface area contributed by atoms with Crippen LogP contribution in [0, 0.1) is 22.7 Å². The van der Waals surface area contributed by atoms with Gasteiger partial charge in [-0.05, 0) is 97.3 Å². The van der Waals surface area contributed by atoms with Gasteiger partial charge in [-0.15, -0.1) is 0 Å². The molecule has 2 saturated heterocycles. The van der Waals surface area contributed by atoms with Crippen LogP contribution in [-0.4, -0.2) is 170 Å². The average molecular weight is 1430 g/mol. The molecular formula is C70H82F4N10O14S2. The number of ether oxygens (including phenoxy) is 1. The molecule has 0 unspecified atom stereocenters. The highest BCUT2D eigenvalue weighted by Gasteiger charge is 2.68. The molecule has 7 aliphatic carbocycles. The van der Waals surface area contributed by atoms with E-state index in [-0.39, 0.29) is 32.0 Å². The summed E-state index contributed by atoms with van der Waals surface area (Å²) in [7, 11) is -8.18. The quantitative estimate of drug-likeness (QED) is 0.0339. The van der Waals surface area contributed by atoms with Crippen LogP contribution in [0.25, 0.3) is 22.3 Å². The Balaban J connectivity index is 0.000000192. The second kappa shape index (κ2) is 27.1. The number of fused-ring (bicyclic) bond motifs is 6. The number of alkyl halides is 4. The molecule has 10 atom stereocenters. The number of nitrogens with zero attached hydrogens (tertiary/aromatic N) is 4. The smallest absolute Gasteiger partial charge is 0.408 e. The normalized spacial score (nSPS) is 25.6. The van der Waals surface area contributed by atoms with Gasteiger partial charge in [-0.2, -0.15) is 0 Å². The molecule has 2 heterocycles. The lowest BCUT2D eigenvalue weighted by atomic mass is 9.85. The number of rotatable bonds is 20. The maximum absolute atomic E-state index is 14.5. The Hall–Kier alpha value is -8.51. The lowest BCUT2D eigenvalue weighted by Gasteiger charge is -2.35. The summed E-state index contributed by atoms with van der Waals surface area (Å²) in [6.45, 7) is 10.3. The van der Waals surface area contributed by atoms with E-state index in [0.29, 0.717) is 49.9 Å². The molecule has 2 aliphatic heterocycles.